The van der Waals surface area contributed by atoms with Crippen molar-refractivity contribution in [2.45, 2.75) is 32.4 Å². The quantitative estimate of drug-likeness (QED) is 0.632. The van der Waals surface area contributed by atoms with Gasteiger partial charge in [0.15, 0.2) is 0 Å². The van der Waals surface area contributed by atoms with Gasteiger partial charge in [0, 0.05) is 38.4 Å². The Balaban J connectivity index is 1.91. The molecule has 0 aromatic heterocycles. The number of piperazine rings is 1. The third-order valence-electron chi connectivity index (χ3n) is 3.34. The first kappa shape index (κ1) is 9.44. The van der Waals surface area contributed by atoms with Crippen LogP contribution in [0.1, 0.15) is 20.3 Å². The predicted molar refractivity (Wildman–Crippen MR) is 54.7 cm³/mol. The fourth-order valence-corrected chi connectivity index (χ4v) is 2.36. The summed E-state index contributed by atoms with van der Waals surface area (Å²) in [6, 6.07) is 1.54. The van der Waals surface area contributed by atoms with Crippen molar-refractivity contribution in [1.82, 2.24) is 15.1 Å². The van der Waals surface area contributed by atoms with E-state index in [2.05, 4.69) is 29.0 Å². The molecule has 0 amide bonds. The minimum absolute atomic E-state index is 0.719. The van der Waals surface area contributed by atoms with Crippen LogP contribution in [-0.4, -0.2) is 54.7 Å². The van der Waals surface area contributed by atoms with E-state index in [0.29, 0.717) is 0 Å². The van der Waals surface area contributed by atoms with Gasteiger partial charge in [0.25, 0.3) is 0 Å². The molecule has 2 rings (SSSR count). The number of nitrogens with zero attached hydrogens (tertiary/aromatic N) is 2. The third-order valence-corrected chi connectivity index (χ3v) is 3.34. The molecule has 1 atom stereocenters. The van der Waals surface area contributed by atoms with Crippen LogP contribution in [0.5, 0.6) is 0 Å². The molecule has 13 heavy (non-hydrogen) atoms. The molecule has 0 bridgehead atoms. The SMILES string of the molecule is CC(C)N1CCN2CNCCC2C1. The summed E-state index contributed by atoms with van der Waals surface area (Å²) in [6.07, 6.45) is 1.32. The van der Waals surface area contributed by atoms with Gasteiger partial charge in [-0.05, 0) is 26.8 Å². The zero-order valence-electron chi connectivity index (χ0n) is 8.79. The number of hydrogen-bond donors (Lipinski definition) is 1. The minimum atomic E-state index is 0.719. The number of rotatable bonds is 1. The molecule has 0 aromatic carbocycles. The van der Waals surface area contributed by atoms with E-state index in [1.54, 1.807) is 0 Å². The van der Waals surface area contributed by atoms with Crippen LogP contribution in [0.25, 0.3) is 0 Å². The number of hydrogen-bond acceptors (Lipinski definition) is 3. The normalized spacial score (nSPS) is 32.1. The van der Waals surface area contributed by atoms with E-state index in [9.17, 15) is 0 Å². The van der Waals surface area contributed by atoms with Crippen LogP contribution in [-0.2, 0) is 0 Å². The van der Waals surface area contributed by atoms with Gasteiger partial charge < -0.3 is 5.32 Å². The molecular formula is C10H21N3. The molecule has 0 spiro atoms. The molecule has 2 aliphatic rings. The van der Waals surface area contributed by atoms with Crippen molar-refractivity contribution >= 4 is 0 Å². The molecule has 2 heterocycles. The van der Waals surface area contributed by atoms with E-state index in [4.69, 9.17) is 0 Å². The summed E-state index contributed by atoms with van der Waals surface area (Å²) in [5, 5.41) is 3.44. The van der Waals surface area contributed by atoms with Crippen molar-refractivity contribution < 1.29 is 0 Å². The highest BCUT2D eigenvalue weighted by Gasteiger charge is 2.29. The molecule has 1 unspecified atom stereocenters. The standard InChI is InChI=1S/C10H21N3/c1-9(2)12-5-6-13-8-11-4-3-10(13)7-12/h9-11H,3-8H2,1-2H3. The van der Waals surface area contributed by atoms with Crippen molar-refractivity contribution in [1.29, 1.82) is 0 Å². The van der Waals surface area contributed by atoms with Crippen molar-refractivity contribution in [2.24, 2.45) is 0 Å². The first-order valence-corrected chi connectivity index (χ1v) is 5.46. The second kappa shape index (κ2) is 3.95. The Bertz CT molecular complexity index is 170. The summed E-state index contributed by atoms with van der Waals surface area (Å²) in [4.78, 5) is 5.19. The summed E-state index contributed by atoms with van der Waals surface area (Å²) in [6.45, 7) is 10.7. The van der Waals surface area contributed by atoms with Crippen LogP contribution in [0, 0.1) is 0 Å². The molecule has 0 saturated carbocycles. The average molecular weight is 183 g/mol. The molecule has 76 valence electrons. The Morgan fingerprint density at radius 1 is 1.31 bits per heavy atom. The van der Waals surface area contributed by atoms with Crippen LogP contribution >= 0.6 is 0 Å². The zero-order valence-corrected chi connectivity index (χ0v) is 8.79. The second-order valence-corrected chi connectivity index (χ2v) is 4.50. The van der Waals surface area contributed by atoms with E-state index in [0.717, 1.165) is 18.8 Å². The Kier molecular flexibility index (Phi) is 2.86. The Hall–Kier alpha value is -0.120. The van der Waals surface area contributed by atoms with Gasteiger partial charge in [0.1, 0.15) is 0 Å². The lowest BCUT2D eigenvalue weighted by molar-refractivity contribution is 0.0308. The Morgan fingerprint density at radius 2 is 2.15 bits per heavy atom. The van der Waals surface area contributed by atoms with Gasteiger partial charge in [0.05, 0.1) is 0 Å². The van der Waals surface area contributed by atoms with Crippen LogP contribution in [0.2, 0.25) is 0 Å². The molecule has 2 saturated heterocycles. The predicted octanol–water partition coefficient (Wildman–Crippen LogP) is 0.332. The maximum atomic E-state index is 3.44. The van der Waals surface area contributed by atoms with Gasteiger partial charge in [-0.3, -0.25) is 9.80 Å². The van der Waals surface area contributed by atoms with Gasteiger partial charge in [-0.2, -0.15) is 0 Å². The lowest BCUT2D eigenvalue weighted by atomic mass is 10.1. The highest BCUT2D eigenvalue weighted by Crippen LogP contribution is 2.16. The summed E-state index contributed by atoms with van der Waals surface area (Å²) in [5.74, 6) is 0. The van der Waals surface area contributed by atoms with Crippen molar-refractivity contribution in [2.75, 3.05) is 32.8 Å². The van der Waals surface area contributed by atoms with Gasteiger partial charge >= 0.3 is 0 Å². The van der Waals surface area contributed by atoms with Gasteiger partial charge in [-0.1, -0.05) is 0 Å². The van der Waals surface area contributed by atoms with Gasteiger partial charge in [0.2, 0.25) is 0 Å². The first-order chi connectivity index (χ1) is 6.27. The first-order valence-electron chi connectivity index (χ1n) is 5.46. The largest absolute Gasteiger partial charge is 0.304 e. The van der Waals surface area contributed by atoms with Crippen molar-refractivity contribution in [3.63, 3.8) is 0 Å². The van der Waals surface area contributed by atoms with Crippen molar-refractivity contribution in [3.8, 4) is 0 Å². The highest BCUT2D eigenvalue weighted by molar-refractivity contribution is 4.85. The van der Waals surface area contributed by atoms with Crippen LogP contribution in [0.3, 0.4) is 0 Å². The number of nitrogens with one attached hydrogen (secondary N) is 1. The molecular weight excluding hydrogens is 162 g/mol. The van der Waals surface area contributed by atoms with Crippen LogP contribution in [0.4, 0.5) is 0 Å². The molecule has 0 aliphatic carbocycles. The molecule has 1 N–H and O–H groups in total. The average Bonchev–Trinajstić information content (AvgIpc) is 2.17. The Labute approximate surface area is 81.1 Å². The van der Waals surface area contributed by atoms with Crippen molar-refractivity contribution in [3.05, 3.63) is 0 Å². The Morgan fingerprint density at radius 3 is 2.92 bits per heavy atom. The van der Waals surface area contributed by atoms with E-state index in [-0.39, 0.29) is 0 Å². The molecule has 0 aromatic rings. The van der Waals surface area contributed by atoms with E-state index < -0.39 is 0 Å². The third kappa shape index (κ3) is 2.03. The number of fused-ring (bicyclic) bond motifs is 1. The minimum Gasteiger partial charge on any atom is -0.304 e. The topological polar surface area (TPSA) is 18.5 Å². The lowest BCUT2D eigenvalue weighted by Gasteiger charge is -2.45. The highest BCUT2D eigenvalue weighted by atomic mass is 15.3. The van der Waals surface area contributed by atoms with E-state index >= 15 is 0 Å². The smallest absolute Gasteiger partial charge is 0.0484 e. The fraction of sp³-hybridized carbons (Fsp3) is 1.00. The summed E-state index contributed by atoms with van der Waals surface area (Å²) in [7, 11) is 0. The van der Waals surface area contributed by atoms with E-state index in [1.807, 2.05) is 0 Å². The van der Waals surface area contributed by atoms with Crippen LogP contribution < -0.4 is 5.32 Å². The molecule has 2 fully saturated rings. The van der Waals surface area contributed by atoms with Crippen LogP contribution in [0.15, 0.2) is 0 Å². The van der Waals surface area contributed by atoms with E-state index in [1.165, 1.54) is 32.6 Å². The molecule has 2 aliphatic heterocycles. The zero-order chi connectivity index (χ0) is 9.26. The maximum Gasteiger partial charge on any atom is 0.0484 e. The molecule has 0 radical (unpaired) electrons. The lowest BCUT2D eigenvalue weighted by Crippen LogP contribution is -2.60. The fourth-order valence-electron chi connectivity index (χ4n) is 2.36. The van der Waals surface area contributed by atoms with Gasteiger partial charge in [-0.15, -0.1) is 0 Å². The summed E-state index contributed by atoms with van der Waals surface area (Å²) < 4.78 is 0. The molecule has 3 nitrogen and oxygen atoms in total. The van der Waals surface area contributed by atoms with Gasteiger partial charge in [-0.25, -0.2) is 0 Å². The molecule has 3 heteroatoms. The summed E-state index contributed by atoms with van der Waals surface area (Å²) >= 11 is 0. The second-order valence-electron chi connectivity index (χ2n) is 4.50. The maximum absolute atomic E-state index is 3.44. The monoisotopic (exact) mass is 183 g/mol. The summed E-state index contributed by atoms with van der Waals surface area (Å²) in [5.41, 5.74) is 0.